The SMILES string of the molecule is Cc1[nH]ncc1Nc1nccc(-c2ccc3c(c2)CN(C2COC2)CCC3NC(=O)c2nnc(C(C)(C)C)s2)n1. The van der Waals surface area contributed by atoms with Crippen LogP contribution in [0.15, 0.2) is 36.7 Å². The maximum Gasteiger partial charge on any atom is 0.282 e. The Labute approximate surface area is 236 Å². The van der Waals surface area contributed by atoms with Gasteiger partial charge in [-0.05, 0) is 36.6 Å². The standard InChI is InChI=1S/C28H33N9O2S/c1-16-23(12-30-34-16)33-27-29-9-7-21(32-27)17-5-6-20-18(11-17)13-37(19-14-39-15-19)10-8-22(20)31-24(38)25-35-36-26(40-25)28(2,3)4/h5-7,9,11-12,19,22H,8,10,13-15H2,1-4H3,(H,30,34)(H,31,38)(H,29,32,33). The molecule has 1 unspecified atom stereocenters. The quantitative estimate of drug-likeness (QED) is 0.319. The number of nitrogens with zero attached hydrogens (tertiary/aromatic N) is 6. The Balaban J connectivity index is 1.28. The zero-order chi connectivity index (χ0) is 27.9. The highest BCUT2D eigenvalue weighted by molar-refractivity contribution is 7.13. The zero-order valence-corrected chi connectivity index (χ0v) is 23.9. The van der Waals surface area contributed by atoms with Crippen molar-refractivity contribution in [3.8, 4) is 11.3 Å². The fraction of sp³-hybridized carbons (Fsp3) is 0.429. The van der Waals surface area contributed by atoms with E-state index < -0.39 is 0 Å². The number of rotatable bonds is 6. The average Bonchev–Trinajstić information content (AvgIpc) is 3.51. The second-order valence-corrected chi connectivity index (χ2v) is 12.3. The second kappa shape index (κ2) is 10.7. The number of aromatic nitrogens is 6. The van der Waals surface area contributed by atoms with Crippen molar-refractivity contribution in [1.29, 1.82) is 0 Å². The number of aromatic amines is 1. The van der Waals surface area contributed by atoms with Gasteiger partial charge in [0.2, 0.25) is 11.0 Å². The van der Waals surface area contributed by atoms with Crippen molar-refractivity contribution < 1.29 is 9.53 Å². The van der Waals surface area contributed by atoms with Crippen LogP contribution in [-0.4, -0.2) is 67.0 Å². The van der Waals surface area contributed by atoms with Crippen LogP contribution in [-0.2, 0) is 16.7 Å². The third kappa shape index (κ3) is 5.47. The molecule has 0 aliphatic carbocycles. The third-order valence-electron chi connectivity index (χ3n) is 7.33. The van der Waals surface area contributed by atoms with Crippen molar-refractivity contribution in [3.63, 3.8) is 0 Å². The van der Waals surface area contributed by atoms with E-state index >= 15 is 0 Å². The third-order valence-corrected chi connectivity index (χ3v) is 8.68. The summed E-state index contributed by atoms with van der Waals surface area (Å²) < 4.78 is 5.50. The van der Waals surface area contributed by atoms with Crippen molar-refractivity contribution in [2.45, 2.75) is 58.2 Å². The number of H-pyrrole nitrogens is 1. The number of benzene rings is 1. The lowest BCUT2D eigenvalue weighted by molar-refractivity contribution is -0.0678. The minimum absolute atomic E-state index is 0.142. The Hall–Kier alpha value is -3.74. The number of hydrogen-bond acceptors (Lipinski definition) is 10. The Kier molecular flexibility index (Phi) is 7.07. The second-order valence-electron chi connectivity index (χ2n) is 11.4. The molecule has 5 heterocycles. The van der Waals surface area contributed by atoms with E-state index in [1.54, 1.807) is 12.4 Å². The van der Waals surface area contributed by atoms with Crippen LogP contribution >= 0.6 is 11.3 Å². The summed E-state index contributed by atoms with van der Waals surface area (Å²) in [7, 11) is 0. The van der Waals surface area contributed by atoms with Crippen LogP contribution in [0.3, 0.4) is 0 Å². The molecule has 0 spiro atoms. The monoisotopic (exact) mass is 559 g/mol. The zero-order valence-electron chi connectivity index (χ0n) is 23.1. The van der Waals surface area contributed by atoms with Gasteiger partial charge in [0.15, 0.2) is 0 Å². The summed E-state index contributed by atoms with van der Waals surface area (Å²) >= 11 is 1.36. The van der Waals surface area contributed by atoms with Gasteiger partial charge in [0.1, 0.15) is 5.01 Å². The minimum Gasteiger partial charge on any atom is -0.378 e. The molecular weight excluding hydrogens is 526 g/mol. The lowest BCUT2D eigenvalue weighted by Crippen LogP contribution is -2.48. The van der Waals surface area contributed by atoms with Crippen LogP contribution in [0.25, 0.3) is 11.3 Å². The number of nitrogens with one attached hydrogen (secondary N) is 3. The number of hydrogen-bond donors (Lipinski definition) is 3. The highest BCUT2D eigenvalue weighted by Gasteiger charge is 2.32. The van der Waals surface area contributed by atoms with E-state index in [0.29, 0.717) is 17.0 Å². The first-order valence-electron chi connectivity index (χ1n) is 13.4. The van der Waals surface area contributed by atoms with Gasteiger partial charge >= 0.3 is 0 Å². The summed E-state index contributed by atoms with van der Waals surface area (Å²) in [6.45, 7) is 11.3. The minimum atomic E-state index is -0.186. The number of anilines is 2. The number of aryl methyl sites for hydroxylation is 1. The first-order chi connectivity index (χ1) is 19.2. The topological polar surface area (TPSA) is 134 Å². The first kappa shape index (κ1) is 26.5. The predicted molar refractivity (Wildman–Crippen MR) is 153 cm³/mol. The molecule has 208 valence electrons. The molecule has 1 atom stereocenters. The Morgan fingerprint density at radius 2 is 2.05 bits per heavy atom. The van der Waals surface area contributed by atoms with Crippen molar-refractivity contribution >= 4 is 28.9 Å². The maximum absolute atomic E-state index is 13.3. The van der Waals surface area contributed by atoms with E-state index in [1.165, 1.54) is 16.9 Å². The van der Waals surface area contributed by atoms with Gasteiger partial charge in [0, 0.05) is 30.3 Å². The van der Waals surface area contributed by atoms with Gasteiger partial charge in [0.05, 0.1) is 48.6 Å². The van der Waals surface area contributed by atoms with Gasteiger partial charge < -0.3 is 15.4 Å². The molecule has 40 heavy (non-hydrogen) atoms. The smallest absolute Gasteiger partial charge is 0.282 e. The molecule has 11 nitrogen and oxygen atoms in total. The van der Waals surface area contributed by atoms with Gasteiger partial charge in [-0.15, -0.1) is 10.2 Å². The van der Waals surface area contributed by atoms with Gasteiger partial charge in [-0.2, -0.15) is 5.10 Å². The molecule has 1 saturated heterocycles. The Morgan fingerprint density at radius 3 is 2.75 bits per heavy atom. The summed E-state index contributed by atoms with van der Waals surface area (Å²) in [6.07, 6.45) is 4.26. The van der Waals surface area contributed by atoms with E-state index in [4.69, 9.17) is 9.72 Å². The number of ether oxygens (including phenoxy) is 1. The van der Waals surface area contributed by atoms with Crippen LogP contribution in [0, 0.1) is 6.92 Å². The lowest BCUT2D eigenvalue weighted by Gasteiger charge is -2.36. The van der Waals surface area contributed by atoms with E-state index in [0.717, 1.165) is 65.9 Å². The lowest BCUT2D eigenvalue weighted by atomic mass is 9.96. The fourth-order valence-electron chi connectivity index (χ4n) is 4.90. The van der Waals surface area contributed by atoms with Gasteiger partial charge in [-0.3, -0.25) is 14.8 Å². The first-order valence-corrected chi connectivity index (χ1v) is 14.3. The van der Waals surface area contributed by atoms with E-state index in [9.17, 15) is 4.79 Å². The van der Waals surface area contributed by atoms with Gasteiger partial charge in [-0.1, -0.05) is 44.2 Å². The van der Waals surface area contributed by atoms with Crippen molar-refractivity contribution in [2.24, 2.45) is 0 Å². The van der Waals surface area contributed by atoms with Crippen LogP contribution < -0.4 is 10.6 Å². The average molecular weight is 560 g/mol. The summed E-state index contributed by atoms with van der Waals surface area (Å²) in [5.41, 5.74) is 5.68. The van der Waals surface area contributed by atoms with Crippen LogP contribution in [0.2, 0.25) is 0 Å². The molecule has 0 radical (unpaired) electrons. The molecule has 2 aliphatic rings. The molecule has 12 heteroatoms. The Morgan fingerprint density at radius 1 is 1.20 bits per heavy atom. The van der Waals surface area contributed by atoms with Crippen LogP contribution in [0.5, 0.6) is 0 Å². The molecule has 3 N–H and O–H groups in total. The molecule has 4 aromatic rings. The Bertz CT molecular complexity index is 1520. The molecule has 0 saturated carbocycles. The maximum atomic E-state index is 13.3. The van der Waals surface area contributed by atoms with Crippen molar-refractivity contribution in [2.75, 3.05) is 25.1 Å². The molecular formula is C28H33N9O2S. The van der Waals surface area contributed by atoms with Crippen LogP contribution in [0.1, 0.15) is 64.9 Å². The number of fused-ring (bicyclic) bond motifs is 1. The molecule has 2 aliphatic heterocycles. The highest BCUT2D eigenvalue weighted by atomic mass is 32.1. The van der Waals surface area contributed by atoms with Gasteiger partial charge in [0.25, 0.3) is 5.91 Å². The van der Waals surface area contributed by atoms with Gasteiger partial charge in [-0.25, -0.2) is 9.97 Å². The normalized spacial score (nSPS) is 18.1. The van der Waals surface area contributed by atoms with Crippen LogP contribution in [0.4, 0.5) is 11.6 Å². The summed E-state index contributed by atoms with van der Waals surface area (Å²) in [6, 6.07) is 8.52. The van der Waals surface area contributed by atoms with E-state index in [2.05, 4.69) is 79.9 Å². The molecule has 0 bridgehead atoms. The molecule has 6 rings (SSSR count). The summed E-state index contributed by atoms with van der Waals surface area (Å²) in [5, 5.41) is 23.2. The van der Waals surface area contributed by atoms with Crippen molar-refractivity contribution in [1.82, 2.24) is 40.6 Å². The van der Waals surface area contributed by atoms with E-state index in [-0.39, 0.29) is 17.4 Å². The number of amides is 1. The number of carbonyl (C=O) groups excluding carboxylic acids is 1. The number of carbonyl (C=O) groups is 1. The van der Waals surface area contributed by atoms with E-state index in [1.807, 2.05) is 13.0 Å². The summed E-state index contributed by atoms with van der Waals surface area (Å²) in [5.74, 6) is 0.316. The molecule has 1 amide bonds. The largest absolute Gasteiger partial charge is 0.378 e. The molecule has 1 fully saturated rings. The molecule has 3 aromatic heterocycles. The summed E-state index contributed by atoms with van der Waals surface area (Å²) in [4.78, 5) is 24.9. The van der Waals surface area contributed by atoms with Crippen molar-refractivity contribution in [3.05, 3.63) is 63.5 Å². The fourth-order valence-corrected chi connectivity index (χ4v) is 5.71. The predicted octanol–water partition coefficient (Wildman–Crippen LogP) is 4.14. The highest BCUT2D eigenvalue weighted by Crippen LogP contribution is 2.33. The molecule has 1 aromatic carbocycles.